The first-order valence-electron chi connectivity index (χ1n) is 8.34. The van der Waals surface area contributed by atoms with Crippen molar-refractivity contribution in [1.82, 2.24) is 9.80 Å². The quantitative estimate of drug-likeness (QED) is 0.729. The molecule has 2 nitrogen and oxygen atoms in total. The van der Waals surface area contributed by atoms with Crippen molar-refractivity contribution < 1.29 is 0 Å². The van der Waals surface area contributed by atoms with Gasteiger partial charge < -0.3 is 4.90 Å². The van der Waals surface area contributed by atoms with E-state index in [-0.39, 0.29) is 0 Å². The minimum absolute atomic E-state index is 0.607. The average Bonchev–Trinajstić information content (AvgIpc) is 3.11. The van der Waals surface area contributed by atoms with Gasteiger partial charge in [0.1, 0.15) is 0 Å². The Hall–Kier alpha value is 0.400. The first-order chi connectivity index (χ1) is 9.31. The maximum atomic E-state index is 3.79. The van der Waals surface area contributed by atoms with Crippen molar-refractivity contribution in [2.45, 2.75) is 57.4 Å². The fourth-order valence-electron chi connectivity index (χ4n) is 4.49. The van der Waals surface area contributed by atoms with Gasteiger partial charge in [-0.2, -0.15) is 0 Å². The van der Waals surface area contributed by atoms with Crippen LogP contribution in [0.3, 0.4) is 0 Å². The highest BCUT2D eigenvalue weighted by Crippen LogP contribution is 2.40. The molecule has 0 bridgehead atoms. The molecule has 19 heavy (non-hydrogen) atoms. The summed E-state index contributed by atoms with van der Waals surface area (Å²) < 4.78 is 0. The molecule has 0 aromatic rings. The highest BCUT2D eigenvalue weighted by Gasteiger charge is 2.35. The minimum Gasteiger partial charge on any atom is -0.300 e. The molecule has 3 rings (SSSR count). The lowest BCUT2D eigenvalue weighted by Gasteiger charge is -2.41. The Morgan fingerprint density at radius 2 is 1.53 bits per heavy atom. The number of halogens is 1. The molecule has 0 aromatic heterocycles. The van der Waals surface area contributed by atoms with Crippen LogP contribution >= 0.6 is 15.9 Å². The van der Waals surface area contributed by atoms with Crippen LogP contribution in [0.1, 0.15) is 51.4 Å². The maximum absolute atomic E-state index is 3.79. The summed E-state index contributed by atoms with van der Waals surface area (Å²) in [7, 11) is 0. The SMILES string of the molecule is BrCC1(CN2CCN(C3CCCC3)CC2)CCCC1. The van der Waals surface area contributed by atoms with Crippen LogP contribution in [0.2, 0.25) is 0 Å². The first-order valence-corrected chi connectivity index (χ1v) is 9.46. The third-order valence-electron chi connectivity index (χ3n) is 5.75. The average molecular weight is 329 g/mol. The highest BCUT2D eigenvalue weighted by molar-refractivity contribution is 9.09. The summed E-state index contributed by atoms with van der Waals surface area (Å²) in [5.41, 5.74) is 0.607. The van der Waals surface area contributed by atoms with E-state index >= 15 is 0 Å². The molecule has 0 aromatic carbocycles. The van der Waals surface area contributed by atoms with Gasteiger partial charge in [0.15, 0.2) is 0 Å². The summed E-state index contributed by atoms with van der Waals surface area (Å²) in [4.78, 5) is 5.52. The van der Waals surface area contributed by atoms with Gasteiger partial charge in [-0.05, 0) is 31.1 Å². The standard InChI is InChI=1S/C16H29BrN2/c17-13-16(7-3-4-8-16)14-18-9-11-19(12-10-18)15-5-1-2-6-15/h15H,1-14H2. The Bertz CT molecular complexity index is 274. The van der Waals surface area contributed by atoms with Crippen LogP contribution in [-0.4, -0.2) is 53.9 Å². The van der Waals surface area contributed by atoms with Crippen molar-refractivity contribution in [1.29, 1.82) is 0 Å². The first kappa shape index (κ1) is 14.3. The molecule has 3 fully saturated rings. The monoisotopic (exact) mass is 328 g/mol. The van der Waals surface area contributed by atoms with Crippen LogP contribution in [-0.2, 0) is 0 Å². The topological polar surface area (TPSA) is 6.48 Å². The van der Waals surface area contributed by atoms with E-state index in [0.717, 1.165) is 6.04 Å². The van der Waals surface area contributed by atoms with E-state index in [9.17, 15) is 0 Å². The van der Waals surface area contributed by atoms with E-state index in [1.807, 2.05) is 0 Å². The molecule has 0 atom stereocenters. The summed E-state index contributed by atoms with van der Waals surface area (Å²) in [6, 6.07) is 0.929. The summed E-state index contributed by atoms with van der Waals surface area (Å²) in [6.45, 7) is 6.61. The summed E-state index contributed by atoms with van der Waals surface area (Å²) in [5.74, 6) is 0. The van der Waals surface area contributed by atoms with Gasteiger partial charge in [0.05, 0.1) is 0 Å². The summed E-state index contributed by atoms with van der Waals surface area (Å²) >= 11 is 3.79. The van der Waals surface area contributed by atoms with E-state index in [2.05, 4.69) is 25.7 Å². The van der Waals surface area contributed by atoms with Gasteiger partial charge in [-0.1, -0.05) is 41.6 Å². The zero-order valence-corrected chi connectivity index (χ0v) is 13.8. The number of alkyl halides is 1. The lowest BCUT2D eigenvalue weighted by Crippen LogP contribution is -2.52. The molecule has 0 spiro atoms. The number of hydrogen-bond donors (Lipinski definition) is 0. The van der Waals surface area contributed by atoms with Crippen molar-refractivity contribution in [2.24, 2.45) is 5.41 Å². The van der Waals surface area contributed by atoms with Crippen molar-refractivity contribution in [3.05, 3.63) is 0 Å². The maximum Gasteiger partial charge on any atom is 0.0113 e. The van der Waals surface area contributed by atoms with Crippen LogP contribution in [0.25, 0.3) is 0 Å². The predicted octanol–water partition coefficient (Wildman–Crippen LogP) is 3.50. The molecule has 1 heterocycles. The summed E-state index contributed by atoms with van der Waals surface area (Å²) in [6.07, 6.45) is 11.7. The lowest BCUT2D eigenvalue weighted by molar-refractivity contribution is 0.0716. The van der Waals surface area contributed by atoms with Gasteiger partial charge in [-0.25, -0.2) is 0 Å². The normalized spacial score (nSPS) is 30.2. The zero-order valence-electron chi connectivity index (χ0n) is 12.2. The fourth-order valence-corrected chi connectivity index (χ4v) is 5.23. The number of rotatable bonds is 4. The Morgan fingerprint density at radius 1 is 0.895 bits per heavy atom. The predicted molar refractivity (Wildman–Crippen MR) is 85.0 cm³/mol. The molecule has 0 radical (unpaired) electrons. The zero-order chi connectivity index (χ0) is 13.1. The third kappa shape index (κ3) is 3.36. The molecule has 2 saturated carbocycles. The van der Waals surface area contributed by atoms with Crippen LogP contribution in [0.5, 0.6) is 0 Å². The van der Waals surface area contributed by atoms with Gasteiger partial charge in [0.2, 0.25) is 0 Å². The van der Waals surface area contributed by atoms with Gasteiger partial charge in [-0.3, -0.25) is 4.90 Å². The molecule has 3 heteroatoms. The van der Waals surface area contributed by atoms with Crippen LogP contribution in [0.4, 0.5) is 0 Å². The number of hydrogen-bond acceptors (Lipinski definition) is 2. The Kier molecular flexibility index (Phi) is 4.86. The molecule has 110 valence electrons. The molecule has 0 N–H and O–H groups in total. The Balaban J connectivity index is 1.47. The molecule has 0 amide bonds. The van der Waals surface area contributed by atoms with Crippen molar-refractivity contribution in [3.63, 3.8) is 0 Å². The van der Waals surface area contributed by atoms with Gasteiger partial charge in [-0.15, -0.1) is 0 Å². The van der Waals surface area contributed by atoms with Crippen molar-refractivity contribution in [3.8, 4) is 0 Å². The second kappa shape index (κ2) is 6.44. The summed E-state index contributed by atoms with van der Waals surface area (Å²) in [5, 5.41) is 1.21. The Labute approximate surface area is 127 Å². The van der Waals surface area contributed by atoms with Gasteiger partial charge in [0.25, 0.3) is 0 Å². The molecule has 1 saturated heterocycles. The van der Waals surface area contributed by atoms with E-state index in [1.54, 1.807) is 0 Å². The van der Waals surface area contributed by atoms with E-state index in [1.165, 1.54) is 89.4 Å². The number of piperazine rings is 1. The Morgan fingerprint density at radius 3 is 2.11 bits per heavy atom. The molecule has 0 unspecified atom stereocenters. The second-order valence-corrected chi connectivity index (χ2v) is 7.65. The molecular weight excluding hydrogens is 300 g/mol. The minimum atomic E-state index is 0.607. The van der Waals surface area contributed by atoms with Crippen molar-refractivity contribution in [2.75, 3.05) is 38.1 Å². The molecule has 3 aliphatic rings. The van der Waals surface area contributed by atoms with Crippen LogP contribution < -0.4 is 0 Å². The second-order valence-electron chi connectivity index (χ2n) is 7.09. The van der Waals surface area contributed by atoms with Crippen LogP contribution in [0.15, 0.2) is 0 Å². The van der Waals surface area contributed by atoms with E-state index in [4.69, 9.17) is 0 Å². The van der Waals surface area contributed by atoms with E-state index < -0.39 is 0 Å². The van der Waals surface area contributed by atoms with Gasteiger partial charge in [0, 0.05) is 44.1 Å². The molecule has 2 aliphatic carbocycles. The third-order valence-corrected chi connectivity index (χ3v) is 6.94. The highest BCUT2D eigenvalue weighted by atomic mass is 79.9. The fraction of sp³-hybridized carbons (Fsp3) is 1.00. The largest absolute Gasteiger partial charge is 0.300 e. The lowest BCUT2D eigenvalue weighted by atomic mass is 9.88. The molecule has 1 aliphatic heterocycles. The van der Waals surface area contributed by atoms with Crippen molar-refractivity contribution >= 4 is 15.9 Å². The smallest absolute Gasteiger partial charge is 0.0113 e. The van der Waals surface area contributed by atoms with Crippen LogP contribution in [0, 0.1) is 5.41 Å². The van der Waals surface area contributed by atoms with E-state index in [0.29, 0.717) is 5.41 Å². The number of nitrogens with zero attached hydrogens (tertiary/aromatic N) is 2. The molecular formula is C16H29BrN2. The van der Waals surface area contributed by atoms with Gasteiger partial charge >= 0.3 is 0 Å².